The van der Waals surface area contributed by atoms with Crippen LogP contribution >= 0.6 is 15.9 Å². The Balaban J connectivity index is 2.74. The van der Waals surface area contributed by atoms with Gasteiger partial charge in [0.2, 0.25) is 0 Å². The number of methoxy groups -OCH3 is 1. The van der Waals surface area contributed by atoms with Gasteiger partial charge in [0.05, 0.1) is 12.7 Å². The number of halogens is 1. The molecule has 0 bridgehead atoms. The van der Waals surface area contributed by atoms with Gasteiger partial charge in [-0.1, -0.05) is 15.9 Å². The number of aliphatic hydroxyl groups is 1. The van der Waals surface area contributed by atoms with Crippen molar-refractivity contribution in [3.8, 4) is 0 Å². The summed E-state index contributed by atoms with van der Waals surface area (Å²) < 4.78 is 5.70. The molecule has 1 aromatic rings. The predicted molar refractivity (Wildman–Crippen MR) is 73.7 cm³/mol. The van der Waals surface area contributed by atoms with E-state index in [2.05, 4.69) is 15.9 Å². The monoisotopic (exact) mass is 315 g/mol. The third-order valence-corrected chi connectivity index (χ3v) is 2.94. The Kier molecular flexibility index (Phi) is 5.78. The van der Waals surface area contributed by atoms with Gasteiger partial charge in [0.15, 0.2) is 0 Å². The first-order valence-electron chi connectivity index (χ1n) is 5.63. The molecule has 1 amide bonds. The summed E-state index contributed by atoms with van der Waals surface area (Å²) in [6.07, 6.45) is -0.669. The highest BCUT2D eigenvalue weighted by molar-refractivity contribution is 9.10. The summed E-state index contributed by atoms with van der Waals surface area (Å²) in [6, 6.07) is 5.54. The van der Waals surface area contributed by atoms with Crippen molar-refractivity contribution in [1.29, 1.82) is 0 Å². The molecule has 1 atom stereocenters. The minimum atomic E-state index is -0.669. The molecule has 100 valence electrons. The van der Waals surface area contributed by atoms with Crippen LogP contribution in [0, 0.1) is 6.92 Å². The number of aryl methyl sites for hydroxylation is 1. The summed E-state index contributed by atoms with van der Waals surface area (Å²) in [5, 5.41) is 9.60. The Morgan fingerprint density at radius 1 is 1.50 bits per heavy atom. The summed E-state index contributed by atoms with van der Waals surface area (Å²) in [6.45, 7) is 2.40. The van der Waals surface area contributed by atoms with Crippen molar-refractivity contribution in [3.63, 3.8) is 0 Å². The molecule has 5 heteroatoms. The van der Waals surface area contributed by atoms with Crippen molar-refractivity contribution >= 4 is 21.8 Å². The van der Waals surface area contributed by atoms with Crippen molar-refractivity contribution in [3.05, 3.63) is 33.8 Å². The highest BCUT2D eigenvalue weighted by atomic mass is 79.9. The maximum atomic E-state index is 12.1. The van der Waals surface area contributed by atoms with Crippen LogP contribution < -0.4 is 0 Å². The van der Waals surface area contributed by atoms with E-state index in [0.717, 1.165) is 10.0 Å². The Hall–Kier alpha value is -0.910. The van der Waals surface area contributed by atoms with Gasteiger partial charge in [-0.05, 0) is 30.7 Å². The maximum absolute atomic E-state index is 12.1. The molecule has 0 radical (unpaired) electrons. The van der Waals surface area contributed by atoms with Gasteiger partial charge < -0.3 is 14.7 Å². The normalized spacial score (nSPS) is 12.3. The molecule has 0 saturated heterocycles. The minimum absolute atomic E-state index is 0.116. The minimum Gasteiger partial charge on any atom is -0.389 e. The Bertz CT molecular complexity index is 402. The number of benzene rings is 1. The largest absolute Gasteiger partial charge is 0.389 e. The van der Waals surface area contributed by atoms with Crippen molar-refractivity contribution < 1.29 is 14.6 Å². The van der Waals surface area contributed by atoms with Crippen molar-refractivity contribution in [2.45, 2.75) is 13.0 Å². The van der Waals surface area contributed by atoms with E-state index in [1.807, 2.05) is 19.1 Å². The van der Waals surface area contributed by atoms with Crippen LogP contribution in [0.25, 0.3) is 0 Å². The number of likely N-dealkylation sites (N-methyl/N-ethyl adjacent to an activating group) is 1. The number of carbonyl (C=O) groups is 1. The van der Waals surface area contributed by atoms with Gasteiger partial charge >= 0.3 is 0 Å². The van der Waals surface area contributed by atoms with E-state index in [-0.39, 0.29) is 19.1 Å². The molecule has 0 aliphatic rings. The lowest BCUT2D eigenvalue weighted by Gasteiger charge is -2.20. The van der Waals surface area contributed by atoms with Crippen LogP contribution in [0.4, 0.5) is 0 Å². The molecular formula is C13H18BrNO3. The lowest BCUT2D eigenvalue weighted by molar-refractivity contribution is 0.0380. The zero-order valence-corrected chi connectivity index (χ0v) is 12.4. The fourth-order valence-corrected chi connectivity index (χ4v) is 2.33. The zero-order chi connectivity index (χ0) is 13.7. The second kappa shape index (κ2) is 6.87. The summed E-state index contributed by atoms with van der Waals surface area (Å²) in [7, 11) is 3.18. The van der Waals surface area contributed by atoms with Gasteiger partial charge in [0.25, 0.3) is 5.91 Å². The van der Waals surface area contributed by atoms with Crippen molar-refractivity contribution in [1.82, 2.24) is 4.90 Å². The van der Waals surface area contributed by atoms with Crippen LogP contribution in [0.2, 0.25) is 0 Å². The molecule has 1 N–H and O–H groups in total. The van der Waals surface area contributed by atoms with Crippen LogP contribution in [0.5, 0.6) is 0 Å². The molecule has 18 heavy (non-hydrogen) atoms. The molecule has 1 unspecified atom stereocenters. The number of carbonyl (C=O) groups excluding carboxylic acids is 1. The molecule has 1 rings (SSSR count). The Morgan fingerprint density at radius 2 is 2.17 bits per heavy atom. The van der Waals surface area contributed by atoms with Gasteiger partial charge in [-0.25, -0.2) is 0 Å². The van der Waals surface area contributed by atoms with Crippen LogP contribution in [0.3, 0.4) is 0 Å². The highest BCUT2D eigenvalue weighted by Gasteiger charge is 2.16. The second-order valence-corrected chi connectivity index (χ2v) is 5.23. The molecule has 0 spiro atoms. The molecule has 0 aliphatic carbocycles. The van der Waals surface area contributed by atoms with Gasteiger partial charge in [0, 0.05) is 30.7 Å². The molecular weight excluding hydrogens is 298 g/mol. The SMILES string of the molecule is COCC(O)CN(C)C(=O)c1cc(C)cc(Br)c1. The number of rotatable bonds is 5. The molecule has 0 aliphatic heterocycles. The number of nitrogens with zero attached hydrogens (tertiary/aromatic N) is 1. The summed E-state index contributed by atoms with van der Waals surface area (Å²) in [5.41, 5.74) is 1.62. The van der Waals surface area contributed by atoms with Crippen LogP contribution in [0.15, 0.2) is 22.7 Å². The van der Waals surface area contributed by atoms with Gasteiger partial charge in [-0.15, -0.1) is 0 Å². The lowest BCUT2D eigenvalue weighted by Crippen LogP contribution is -2.36. The van der Waals surface area contributed by atoms with E-state index in [0.29, 0.717) is 5.56 Å². The number of hydrogen-bond acceptors (Lipinski definition) is 3. The number of hydrogen-bond donors (Lipinski definition) is 1. The first-order chi connectivity index (χ1) is 8.43. The first kappa shape index (κ1) is 15.1. The molecule has 0 heterocycles. The van der Waals surface area contributed by atoms with Crippen LogP contribution in [-0.4, -0.2) is 49.3 Å². The lowest BCUT2D eigenvalue weighted by atomic mass is 10.1. The average Bonchev–Trinajstić information content (AvgIpc) is 2.26. The third kappa shape index (κ3) is 4.40. The Morgan fingerprint density at radius 3 is 2.72 bits per heavy atom. The zero-order valence-electron chi connectivity index (χ0n) is 10.8. The van der Waals surface area contributed by atoms with Gasteiger partial charge in [-0.3, -0.25) is 4.79 Å². The fourth-order valence-electron chi connectivity index (χ4n) is 1.72. The van der Waals surface area contributed by atoms with E-state index < -0.39 is 6.10 Å². The highest BCUT2D eigenvalue weighted by Crippen LogP contribution is 2.16. The number of ether oxygens (including phenoxy) is 1. The summed E-state index contributed by atoms with van der Waals surface area (Å²) >= 11 is 3.37. The topological polar surface area (TPSA) is 49.8 Å². The average molecular weight is 316 g/mol. The van der Waals surface area contributed by atoms with E-state index in [1.165, 1.54) is 12.0 Å². The van der Waals surface area contributed by atoms with E-state index in [9.17, 15) is 9.90 Å². The second-order valence-electron chi connectivity index (χ2n) is 4.31. The van der Waals surface area contributed by atoms with Gasteiger partial charge in [0.1, 0.15) is 0 Å². The van der Waals surface area contributed by atoms with E-state index in [1.54, 1.807) is 13.1 Å². The maximum Gasteiger partial charge on any atom is 0.253 e. The summed E-state index contributed by atoms with van der Waals surface area (Å²) in [4.78, 5) is 13.6. The van der Waals surface area contributed by atoms with Crippen molar-refractivity contribution in [2.75, 3.05) is 27.3 Å². The third-order valence-electron chi connectivity index (χ3n) is 2.48. The smallest absolute Gasteiger partial charge is 0.253 e. The number of amides is 1. The molecule has 4 nitrogen and oxygen atoms in total. The molecule has 0 aromatic heterocycles. The van der Waals surface area contributed by atoms with Gasteiger partial charge in [-0.2, -0.15) is 0 Å². The fraction of sp³-hybridized carbons (Fsp3) is 0.462. The first-order valence-corrected chi connectivity index (χ1v) is 6.43. The molecule has 1 aromatic carbocycles. The predicted octanol–water partition coefficient (Wildman–Crippen LogP) is 1.84. The summed E-state index contributed by atoms with van der Waals surface area (Å²) in [5.74, 6) is -0.116. The molecule has 0 saturated carbocycles. The van der Waals surface area contributed by atoms with Crippen molar-refractivity contribution in [2.24, 2.45) is 0 Å². The Labute approximate surface area is 116 Å². The quantitative estimate of drug-likeness (QED) is 0.902. The van der Waals surface area contributed by atoms with Crippen LogP contribution in [0.1, 0.15) is 15.9 Å². The van der Waals surface area contributed by atoms with E-state index >= 15 is 0 Å². The van der Waals surface area contributed by atoms with Crippen LogP contribution in [-0.2, 0) is 4.74 Å². The van der Waals surface area contributed by atoms with E-state index in [4.69, 9.17) is 4.74 Å². The number of aliphatic hydroxyl groups excluding tert-OH is 1. The standard InChI is InChI=1S/C13H18BrNO3/c1-9-4-10(6-11(14)5-9)13(17)15(2)7-12(16)8-18-3/h4-6,12,16H,7-8H2,1-3H3. The molecule has 0 fully saturated rings.